The number of benzene rings is 2. The molecule has 1 fully saturated rings. The number of likely N-dealkylation sites (tertiary alicyclic amines) is 1. The second-order valence-corrected chi connectivity index (χ2v) is 7.98. The highest BCUT2D eigenvalue weighted by Gasteiger charge is 2.24. The summed E-state index contributed by atoms with van der Waals surface area (Å²) in [6.07, 6.45) is 2.50. The second-order valence-electron chi connectivity index (χ2n) is 7.07. The van der Waals surface area contributed by atoms with Crippen LogP contribution in [0.1, 0.15) is 35.6 Å². The van der Waals surface area contributed by atoms with E-state index in [0.29, 0.717) is 5.92 Å². The Morgan fingerprint density at radius 3 is 2.65 bits per heavy atom. The van der Waals surface area contributed by atoms with Gasteiger partial charge >= 0.3 is 0 Å². The van der Waals surface area contributed by atoms with E-state index >= 15 is 0 Å². The fourth-order valence-corrected chi connectivity index (χ4v) is 4.09. The first-order chi connectivity index (χ1) is 12.7. The molecule has 0 N–H and O–H groups in total. The highest BCUT2D eigenvalue weighted by Crippen LogP contribution is 2.32. The van der Waals surface area contributed by atoms with E-state index in [1.54, 1.807) is 0 Å². The summed E-state index contributed by atoms with van der Waals surface area (Å²) in [5.41, 5.74) is 4.73. The summed E-state index contributed by atoms with van der Waals surface area (Å²) in [7, 11) is 0. The average molecular weight is 411 g/mol. The van der Waals surface area contributed by atoms with E-state index in [4.69, 9.17) is 4.52 Å². The summed E-state index contributed by atoms with van der Waals surface area (Å²) in [6, 6.07) is 19.1. The standard InChI is InChI=1S/C22H23BrN2O/c1-16-21(22(26-24-16)18-9-11-20(23)12-10-18)15-25-13-5-8-19(14-25)17-6-3-2-4-7-17/h2-4,6-7,9-12,19H,5,8,13-15H2,1H3. The summed E-state index contributed by atoms with van der Waals surface area (Å²) >= 11 is 3.50. The van der Waals surface area contributed by atoms with Crippen LogP contribution in [0.4, 0.5) is 0 Å². The molecule has 3 aromatic rings. The predicted molar refractivity (Wildman–Crippen MR) is 108 cm³/mol. The molecule has 2 heterocycles. The molecule has 1 unspecified atom stereocenters. The third kappa shape index (κ3) is 3.76. The average Bonchev–Trinajstić information content (AvgIpc) is 3.04. The van der Waals surface area contributed by atoms with Gasteiger partial charge in [-0.15, -0.1) is 0 Å². The Hall–Kier alpha value is -1.91. The maximum atomic E-state index is 5.68. The maximum Gasteiger partial charge on any atom is 0.171 e. The normalized spacial score (nSPS) is 18.2. The van der Waals surface area contributed by atoms with Crippen molar-refractivity contribution in [1.29, 1.82) is 0 Å². The van der Waals surface area contributed by atoms with Gasteiger partial charge in [0, 0.05) is 28.7 Å². The fraction of sp³-hybridized carbons (Fsp3) is 0.318. The van der Waals surface area contributed by atoms with Crippen molar-refractivity contribution < 1.29 is 4.52 Å². The van der Waals surface area contributed by atoms with Gasteiger partial charge in [-0.05, 0) is 49.9 Å². The molecule has 0 aliphatic carbocycles. The van der Waals surface area contributed by atoms with E-state index in [9.17, 15) is 0 Å². The van der Waals surface area contributed by atoms with Crippen LogP contribution in [0.3, 0.4) is 0 Å². The lowest BCUT2D eigenvalue weighted by Gasteiger charge is -2.33. The van der Waals surface area contributed by atoms with Crippen molar-refractivity contribution in [3.05, 3.63) is 75.9 Å². The van der Waals surface area contributed by atoms with Crippen molar-refractivity contribution in [2.45, 2.75) is 32.2 Å². The van der Waals surface area contributed by atoms with E-state index in [0.717, 1.165) is 41.1 Å². The van der Waals surface area contributed by atoms with Crippen LogP contribution in [0.15, 0.2) is 63.6 Å². The largest absolute Gasteiger partial charge is 0.356 e. The molecule has 0 amide bonds. The van der Waals surface area contributed by atoms with Crippen molar-refractivity contribution >= 4 is 15.9 Å². The van der Waals surface area contributed by atoms with E-state index in [1.165, 1.54) is 24.0 Å². The molecule has 3 nitrogen and oxygen atoms in total. The van der Waals surface area contributed by atoms with E-state index < -0.39 is 0 Å². The van der Waals surface area contributed by atoms with Gasteiger partial charge in [0.25, 0.3) is 0 Å². The van der Waals surface area contributed by atoms with Gasteiger partial charge < -0.3 is 4.52 Å². The van der Waals surface area contributed by atoms with Gasteiger partial charge in [0.15, 0.2) is 5.76 Å². The third-order valence-electron chi connectivity index (χ3n) is 5.25. The zero-order valence-corrected chi connectivity index (χ0v) is 16.6. The minimum Gasteiger partial charge on any atom is -0.356 e. The Bertz CT molecular complexity index is 858. The first kappa shape index (κ1) is 17.5. The second kappa shape index (κ2) is 7.77. The summed E-state index contributed by atoms with van der Waals surface area (Å²) in [6.45, 7) is 5.16. The van der Waals surface area contributed by atoms with Gasteiger partial charge in [-0.1, -0.05) is 63.6 Å². The van der Waals surface area contributed by atoms with Crippen LogP contribution >= 0.6 is 15.9 Å². The first-order valence-electron chi connectivity index (χ1n) is 9.19. The number of piperidine rings is 1. The summed E-state index contributed by atoms with van der Waals surface area (Å²) < 4.78 is 6.75. The van der Waals surface area contributed by atoms with Crippen molar-refractivity contribution in [3.8, 4) is 11.3 Å². The van der Waals surface area contributed by atoms with Gasteiger partial charge in [-0.25, -0.2) is 0 Å². The molecule has 134 valence electrons. The van der Waals surface area contributed by atoms with Crippen LogP contribution in [0.5, 0.6) is 0 Å². The van der Waals surface area contributed by atoms with Crippen LogP contribution in [0.25, 0.3) is 11.3 Å². The summed E-state index contributed by atoms with van der Waals surface area (Å²) in [4.78, 5) is 2.54. The minimum absolute atomic E-state index is 0.612. The van der Waals surface area contributed by atoms with Crippen molar-refractivity contribution in [1.82, 2.24) is 10.1 Å². The molecule has 4 rings (SSSR count). The van der Waals surface area contributed by atoms with Crippen LogP contribution in [-0.2, 0) is 6.54 Å². The molecule has 0 saturated carbocycles. The van der Waals surface area contributed by atoms with E-state index in [-0.39, 0.29) is 0 Å². The van der Waals surface area contributed by atoms with Gasteiger partial charge in [0.1, 0.15) is 0 Å². The van der Waals surface area contributed by atoms with Gasteiger partial charge in [-0.3, -0.25) is 4.90 Å². The molecule has 0 radical (unpaired) electrons. The Morgan fingerprint density at radius 2 is 1.88 bits per heavy atom. The number of nitrogens with zero attached hydrogens (tertiary/aromatic N) is 2. The van der Waals surface area contributed by atoms with Crippen molar-refractivity contribution in [2.24, 2.45) is 0 Å². The number of aryl methyl sites for hydroxylation is 1. The molecule has 1 aliphatic rings. The molecule has 0 spiro atoms. The quantitative estimate of drug-likeness (QED) is 0.544. The van der Waals surface area contributed by atoms with Gasteiger partial charge in [-0.2, -0.15) is 0 Å². The zero-order chi connectivity index (χ0) is 17.9. The monoisotopic (exact) mass is 410 g/mol. The molecule has 1 aliphatic heterocycles. The summed E-state index contributed by atoms with van der Waals surface area (Å²) in [5.74, 6) is 1.51. The Labute approximate surface area is 163 Å². The lowest BCUT2D eigenvalue weighted by molar-refractivity contribution is 0.200. The molecule has 1 saturated heterocycles. The number of aromatic nitrogens is 1. The maximum absolute atomic E-state index is 5.68. The first-order valence-corrected chi connectivity index (χ1v) is 9.98. The lowest BCUT2D eigenvalue weighted by atomic mass is 9.90. The molecule has 2 aromatic carbocycles. The molecular weight excluding hydrogens is 388 g/mol. The van der Waals surface area contributed by atoms with Crippen LogP contribution in [0.2, 0.25) is 0 Å². The molecule has 4 heteroatoms. The van der Waals surface area contributed by atoms with Crippen molar-refractivity contribution in [3.63, 3.8) is 0 Å². The third-order valence-corrected chi connectivity index (χ3v) is 5.78. The summed E-state index contributed by atoms with van der Waals surface area (Å²) in [5, 5.41) is 4.24. The van der Waals surface area contributed by atoms with Gasteiger partial charge in [0.2, 0.25) is 0 Å². The van der Waals surface area contributed by atoms with E-state index in [1.807, 2.05) is 19.1 Å². The SMILES string of the molecule is Cc1noc(-c2ccc(Br)cc2)c1CN1CCCC(c2ccccc2)C1. The fourth-order valence-electron chi connectivity index (χ4n) is 3.82. The van der Waals surface area contributed by atoms with Crippen LogP contribution in [-0.4, -0.2) is 23.1 Å². The van der Waals surface area contributed by atoms with Crippen molar-refractivity contribution in [2.75, 3.05) is 13.1 Å². The minimum atomic E-state index is 0.612. The molecule has 26 heavy (non-hydrogen) atoms. The van der Waals surface area contributed by atoms with Gasteiger partial charge in [0.05, 0.1) is 5.69 Å². The lowest BCUT2D eigenvalue weighted by Crippen LogP contribution is -2.34. The predicted octanol–water partition coefficient (Wildman–Crippen LogP) is 5.79. The number of hydrogen-bond acceptors (Lipinski definition) is 3. The highest BCUT2D eigenvalue weighted by molar-refractivity contribution is 9.10. The topological polar surface area (TPSA) is 29.3 Å². The highest BCUT2D eigenvalue weighted by atomic mass is 79.9. The number of hydrogen-bond donors (Lipinski definition) is 0. The van der Waals surface area contributed by atoms with Crippen LogP contribution < -0.4 is 0 Å². The Kier molecular flexibility index (Phi) is 5.23. The van der Waals surface area contributed by atoms with E-state index in [2.05, 4.69) is 68.5 Å². The molecular formula is C22H23BrN2O. The zero-order valence-electron chi connectivity index (χ0n) is 15.0. The number of rotatable bonds is 4. The van der Waals surface area contributed by atoms with Crippen LogP contribution in [0, 0.1) is 6.92 Å². The Morgan fingerprint density at radius 1 is 1.12 bits per heavy atom. The smallest absolute Gasteiger partial charge is 0.171 e. The molecule has 1 aromatic heterocycles. The Balaban J connectivity index is 1.54. The molecule has 0 bridgehead atoms. The number of halogens is 1. The molecule has 1 atom stereocenters.